The topological polar surface area (TPSA) is 71.8 Å². The van der Waals surface area contributed by atoms with E-state index in [9.17, 15) is 4.79 Å². The molecule has 0 aliphatic carbocycles. The summed E-state index contributed by atoms with van der Waals surface area (Å²) >= 11 is 0. The van der Waals surface area contributed by atoms with Gasteiger partial charge in [-0.2, -0.15) is 9.78 Å². The zero-order chi connectivity index (χ0) is 18.0. The van der Waals surface area contributed by atoms with Crippen LogP contribution in [0.5, 0.6) is 23.0 Å². The summed E-state index contributed by atoms with van der Waals surface area (Å²) in [7, 11) is 6.08. The molecule has 0 N–H and O–H groups in total. The Kier molecular flexibility index (Phi) is 4.47. The number of ether oxygens (including phenoxy) is 4. The Bertz CT molecular complexity index is 907. The first-order valence-electron chi connectivity index (χ1n) is 7.49. The van der Waals surface area contributed by atoms with E-state index >= 15 is 0 Å². The molecule has 0 amide bonds. The second kappa shape index (κ2) is 6.72. The van der Waals surface area contributed by atoms with Crippen LogP contribution < -0.4 is 18.9 Å². The number of nitrogens with zero attached hydrogens (tertiary/aromatic N) is 2. The Morgan fingerprint density at radius 3 is 2.16 bits per heavy atom. The van der Waals surface area contributed by atoms with Crippen molar-refractivity contribution in [1.82, 2.24) is 9.78 Å². The molecule has 3 aromatic rings. The van der Waals surface area contributed by atoms with Crippen molar-refractivity contribution in [1.29, 1.82) is 0 Å². The summed E-state index contributed by atoms with van der Waals surface area (Å²) in [6.45, 7) is 0. The first-order valence-corrected chi connectivity index (χ1v) is 7.49. The van der Waals surface area contributed by atoms with Gasteiger partial charge in [0.05, 0.1) is 40.2 Å². The van der Waals surface area contributed by atoms with E-state index in [0.29, 0.717) is 34.1 Å². The summed E-state index contributed by atoms with van der Waals surface area (Å²) in [5.74, 6) is 1.56. The molecule has 7 nitrogen and oxygen atoms in total. The van der Waals surface area contributed by atoms with E-state index in [0.717, 1.165) is 5.39 Å². The van der Waals surface area contributed by atoms with Crippen LogP contribution in [0.1, 0.15) is 10.4 Å². The zero-order valence-corrected chi connectivity index (χ0v) is 14.4. The van der Waals surface area contributed by atoms with E-state index < -0.39 is 0 Å². The first kappa shape index (κ1) is 16.6. The molecule has 0 aliphatic heterocycles. The maximum absolute atomic E-state index is 13.0. The molecule has 0 unspecified atom stereocenters. The highest BCUT2D eigenvalue weighted by atomic mass is 16.5. The minimum atomic E-state index is -0.317. The number of hydrogen-bond donors (Lipinski definition) is 0. The van der Waals surface area contributed by atoms with Crippen LogP contribution in [-0.2, 0) is 0 Å². The van der Waals surface area contributed by atoms with Crippen molar-refractivity contribution in [3.63, 3.8) is 0 Å². The first-order chi connectivity index (χ1) is 12.1. The SMILES string of the molecule is COc1ccc2cnn(C(=O)c3cc(OC)c(OC)c(OC)c3)c2c1. The van der Waals surface area contributed by atoms with Crippen molar-refractivity contribution >= 4 is 16.8 Å². The number of carbonyl (C=O) groups is 1. The van der Waals surface area contributed by atoms with Gasteiger partial charge in [0.2, 0.25) is 5.75 Å². The molecule has 0 radical (unpaired) electrons. The van der Waals surface area contributed by atoms with Crippen LogP contribution >= 0.6 is 0 Å². The Morgan fingerprint density at radius 2 is 1.60 bits per heavy atom. The lowest BCUT2D eigenvalue weighted by molar-refractivity contribution is 0.0949. The number of methoxy groups -OCH3 is 4. The van der Waals surface area contributed by atoms with Gasteiger partial charge in [0.15, 0.2) is 11.5 Å². The minimum absolute atomic E-state index is 0.317. The van der Waals surface area contributed by atoms with Crippen molar-refractivity contribution in [2.75, 3.05) is 28.4 Å². The maximum atomic E-state index is 13.0. The highest BCUT2D eigenvalue weighted by Crippen LogP contribution is 2.38. The minimum Gasteiger partial charge on any atom is -0.497 e. The van der Waals surface area contributed by atoms with Crippen LogP contribution in [0, 0.1) is 0 Å². The number of aromatic nitrogens is 2. The lowest BCUT2D eigenvalue weighted by atomic mass is 10.1. The highest BCUT2D eigenvalue weighted by Gasteiger charge is 2.20. The quantitative estimate of drug-likeness (QED) is 0.710. The van der Waals surface area contributed by atoms with E-state index in [2.05, 4.69) is 5.10 Å². The molecule has 3 rings (SSSR count). The van der Waals surface area contributed by atoms with Crippen molar-refractivity contribution in [3.05, 3.63) is 42.1 Å². The van der Waals surface area contributed by atoms with Crippen LogP contribution in [0.2, 0.25) is 0 Å². The summed E-state index contributed by atoms with van der Waals surface area (Å²) in [6.07, 6.45) is 1.63. The second-order valence-corrected chi connectivity index (χ2v) is 5.20. The molecule has 0 saturated carbocycles. The Labute approximate surface area is 144 Å². The molecule has 0 spiro atoms. The maximum Gasteiger partial charge on any atom is 0.279 e. The van der Waals surface area contributed by atoms with Gasteiger partial charge in [-0.05, 0) is 24.3 Å². The average molecular weight is 342 g/mol. The summed E-state index contributed by atoms with van der Waals surface area (Å²) in [6, 6.07) is 8.62. The third-order valence-electron chi connectivity index (χ3n) is 3.88. The van der Waals surface area contributed by atoms with Crippen LogP contribution in [-0.4, -0.2) is 44.1 Å². The molecule has 7 heteroatoms. The van der Waals surface area contributed by atoms with E-state index in [1.54, 1.807) is 31.5 Å². The Morgan fingerprint density at radius 1 is 0.920 bits per heavy atom. The number of fused-ring (bicyclic) bond motifs is 1. The summed E-state index contributed by atoms with van der Waals surface area (Å²) in [4.78, 5) is 13.0. The largest absolute Gasteiger partial charge is 0.497 e. The second-order valence-electron chi connectivity index (χ2n) is 5.20. The third-order valence-corrected chi connectivity index (χ3v) is 3.88. The Hall–Kier alpha value is -3.22. The van der Waals surface area contributed by atoms with Crippen LogP contribution in [0.3, 0.4) is 0 Å². The van der Waals surface area contributed by atoms with Gasteiger partial charge >= 0.3 is 0 Å². The molecule has 0 fully saturated rings. The molecular formula is C18H18N2O5. The highest BCUT2D eigenvalue weighted by molar-refractivity contribution is 6.02. The van der Waals surface area contributed by atoms with Crippen molar-refractivity contribution in [2.45, 2.75) is 0 Å². The van der Waals surface area contributed by atoms with Crippen molar-refractivity contribution in [3.8, 4) is 23.0 Å². The predicted octanol–water partition coefficient (Wildman–Crippen LogP) is 2.76. The molecule has 1 aromatic heterocycles. The van der Waals surface area contributed by atoms with Gasteiger partial charge in [0, 0.05) is 17.0 Å². The fourth-order valence-corrected chi connectivity index (χ4v) is 2.61. The molecule has 130 valence electrons. The smallest absolute Gasteiger partial charge is 0.279 e. The van der Waals surface area contributed by atoms with Gasteiger partial charge in [-0.3, -0.25) is 4.79 Å². The van der Waals surface area contributed by atoms with Gasteiger partial charge in [-0.1, -0.05) is 0 Å². The predicted molar refractivity (Wildman–Crippen MR) is 92.1 cm³/mol. The third kappa shape index (κ3) is 2.84. The molecular weight excluding hydrogens is 324 g/mol. The number of hydrogen-bond acceptors (Lipinski definition) is 6. The summed E-state index contributed by atoms with van der Waals surface area (Å²) in [5, 5.41) is 5.03. The monoisotopic (exact) mass is 342 g/mol. The van der Waals surface area contributed by atoms with Gasteiger partial charge in [-0.25, -0.2) is 0 Å². The van der Waals surface area contributed by atoms with E-state index in [-0.39, 0.29) is 5.91 Å². The van der Waals surface area contributed by atoms with Crippen LogP contribution in [0.15, 0.2) is 36.5 Å². The van der Waals surface area contributed by atoms with Crippen LogP contribution in [0.4, 0.5) is 0 Å². The van der Waals surface area contributed by atoms with Gasteiger partial charge < -0.3 is 18.9 Å². The molecule has 0 bridgehead atoms. The van der Waals surface area contributed by atoms with E-state index in [1.807, 2.05) is 12.1 Å². The van der Waals surface area contributed by atoms with E-state index in [4.69, 9.17) is 18.9 Å². The molecule has 25 heavy (non-hydrogen) atoms. The molecule has 0 atom stereocenters. The number of rotatable bonds is 5. The van der Waals surface area contributed by atoms with Gasteiger partial charge in [0.25, 0.3) is 5.91 Å². The molecule has 2 aromatic carbocycles. The summed E-state index contributed by atoms with van der Waals surface area (Å²) < 4.78 is 22.4. The fourth-order valence-electron chi connectivity index (χ4n) is 2.61. The standard InChI is InChI=1S/C18H18N2O5/c1-22-13-6-5-11-10-19-20(14(11)9-13)18(21)12-7-15(23-2)17(25-4)16(8-12)24-3/h5-10H,1-4H3. The van der Waals surface area contributed by atoms with E-state index in [1.165, 1.54) is 26.0 Å². The number of benzene rings is 2. The zero-order valence-electron chi connectivity index (χ0n) is 14.4. The molecule has 1 heterocycles. The molecule has 0 aliphatic rings. The normalized spacial score (nSPS) is 10.6. The Balaban J connectivity index is 2.12. The average Bonchev–Trinajstić information content (AvgIpc) is 3.08. The summed E-state index contributed by atoms with van der Waals surface area (Å²) in [5.41, 5.74) is 1.01. The number of carbonyl (C=O) groups excluding carboxylic acids is 1. The van der Waals surface area contributed by atoms with Crippen molar-refractivity contribution < 1.29 is 23.7 Å². The fraction of sp³-hybridized carbons (Fsp3) is 0.222. The molecule has 0 saturated heterocycles. The van der Waals surface area contributed by atoms with Gasteiger partial charge in [0.1, 0.15) is 5.75 Å². The van der Waals surface area contributed by atoms with Crippen molar-refractivity contribution in [2.24, 2.45) is 0 Å². The lowest BCUT2D eigenvalue weighted by Crippen LogP contribution is -2.14. The van der Waals surface area contributed by atoms with Gasteiger partial charge in [-0.15, -0.1) is 0 Å². The van der Waals surface area contributed by atoms with Crippen LogP contribution in [0.25, 0.3) is 10.9 Å². The lowest BCUT2D eigenvalue weighted by Gasteiger charge is -2.13.